The zero-order valence-corrected chi connectivity index (χ0v) is 15.0. The number of rotatable bonds is 3. The number of piperidine rings is 1. The molecule has 2 fully saturated rings. The van der Waals surface area contributed by atoms with Crippen LogP contribution in [0.25, 0.3) is 0 Å². The standard InChI is InChI=1S/C20H30N2O/c1-15(2)17-5-7-18(8-6-17)21-11-9-20(10-12-21)13-22(14-20)19(23)16(3)4/h5-8,15-16H,9-14H2,1-4H3. The second kappa shape index (κ2) is 6.18. The van der Waals surface area contributed by atoms with Crippen molar-refractivity contribution >= 4 is 11.6 Å². The number of hydrogen-bond acceptors (Lipinski definition) is 2. The van der Waals surface area contributed by atoms with E-state index in [-0.39, 0.29) is 5.92 Å². The molecule has 2 saturated heterocycles. The van der Waals surface area contributed by atoms with Gasteiger partial charge in [-0.2, -0.15) is 0 Å². The maximum absolute atomic E-state index is 12.0. The lowest BCUT2D eigenvalue weighted by Crippen LogP contribution is -2.62. The Kier molecular flexibility index (Phi) is 4.39. The fourth-order valence-electron chi connectivity index (χ4n) is 3.91. The van der Waals surface area contributed by atoms with E-state index in [9.17, 15) is 4.79 Å². The molecule has 3 heteroatoms. The second-order valence-electron chi connectivity index (χ2n) is 8.08. The SMILES string of the molecule is CC(C)C(=O)N1CC2(CCN(c3ccc(C(C)C)cc3)CC2)C1. The Morgan fingerprint density at radius 2 is 1.57 bits per heavy atom. The summed E-state index contributed by atoms with van der Waals surface area (Å²) in [5.41, 5.74) is 3.15. The van der Waals surface area contributed by atoms with Crippen LogP contribution in [0.4, 0.5) is 5.69 Å². The summed E-state index contributed by atoms with van der Waals surface area (Å²) in [6, 6.07) is 9.05. The van der Waals surface area contributed by atoms with Crippen molar-refractivity contribution in [2.75, 3.05) is 31.1 Å². The molecule has 0 aromatic heterocycles. The summed E-state index contributed by atoms with van der Waals surface area (Å²) >= 11 is 0. The summed E-state index contributed by atoms with van der Waals surface area (Å²) in [7, 11) is 0. The number of hydrogen-bond donors (Lipinski definition) is 0. The van der Waals surface area contributed by atoms with Gasteiger partial charge in [0.1, 0.15) is 0 Å². The van der Waals surface area contributed by atoms with Gasteiger partial charge in [0.15, 0.2) is 0 Å². The molecule has 1 spiro atoms. The van der Waals surface area contributed by atoms with Gasteiger partial charge in [-0.3, -0.25) is 4.79 Å². The Hall–Kier alpha value is -1.51. The third kappa shape index (κ3) is 3.24. The first-order valence-electron chi connectivity index (χ1n) is 9.04. The molecule has 3 rings (SSSR count). The monoisotopic (exact) mass is 314 g/mol. The topological polar surface area (TPSA) is 23.6 Å². The first kappa shape index (κ1) is 16.4. The van der Waals surface area contributed by atoms with Crippen LogP contribution in [0.15, 0.2) is 24.3 Å². The molecule has 1 aromatic rings. The van der Waals surface area contributed by atoms with Gasteiger partial charge in [-0.15, -0.1) is 0 Å². The van der Waals surface area contributed by atoms with Crippen LogP contribution in [-0.4, -0.2) is 37.0 Å². The molecule has 0 N–H and O–H groups in total. The molecular formula is C20H30N2O. The minimum Gasteiger partial charge on any atom is -0.371 e. The van der Waals surface area contributed by atoms with Gasteiger partial charge in [0.05, 0.1) is 0 Å². The molecule has 0 unspecified atom stereocenters. The number of anilines is 1. The maximum Gasteiger partial charge on any atom is 0.225 e. The highest BCUT2D eigenvalue weighted by Crippen LogP contribution is 2.41. The number of likely N-dealkylation sites (tertiary alicyclic amines) is 1. The van der Waals surface area contributed by atoms with Crippen molar-refractivity contribution in [1.82, 2.24) is 4.90 Å². The number of carbonyl (C=O) groups excluding carboxylic acids is 1. The van der Waals surface area contributed by atoms with Gasteiger partial charge in [0.25, 0.3) is 0 Å². The third-order valence-corrected chi connectivity index (χ3v) is 5.61. The molecule has 0 bridgehead atoms. The number of benzene rings is 1. The van der Waals surface area contributed by atoms with Gasteiger partial charge in [-0.25, -0.2) is 0 Å². The zero-order chi connectivity index (χ0) is 16.6. The average Bonchev–Trinajstić information content (AvgIpc) is 2.52. The molecule has 1 aromatic carbocycles. The normalized spacial score (nSPS) is 20.3. The summed E-state index contributed by atoms with van der Waals surface area (Å²) in [4.78, 5) is 16.6. The van der Waals surface area contributed by atoms with Gasteiger partial charge in [-0.05, 0) is 36.5 Å². The molecule has 0 atom stereocenters. The summed E-state index contributed by atoms with van der Waals surface area (Å²) in [5.74, 6) is 1.04. The lowest BCUT2D eigenvalue weighted by Gasteiger charge is -2.54. The molecule has 0 radical (unpaired) electrons. The van der Waals surface area contributed by atoms with E-state index in [1.165, 1.54) is 24.1 Å². The van der Waals surface area contributed by atoms with E-state index in [1.54, 1.807) is 0 Å². The summed E-state index contributed by atoms with van der Waals surface area (Å²) in [6.07, 6.45) is 2.42. The van der Waals surface area contributed by atoms with E-state index in [4.69, 9.17) is 0 Å². The van der Waals surface area contributed by atoms with E-state index < -0.39 is 0 Å². The van der Waals surface area contributed by atoms with Crippen molar-refractivity contribution in [1.29, 1.82) is 0 Å². The molecule has 2 aliphatic rings. The predicted molar refractivity (Wildman–Crippen MR) is 95.8 cm³/mol. The minimum atomic E-state index is 0.131. The molecule has 2 heterocycles. The van der Waals surface area contributed by atoms with Crippen molar-refractivity contribution in [3.8, 4) is 0 Å². The lowest BCUT2D eigenvalue weighted by atomic mass is 9.71. The predicted octanol–water partition coefficient (Wildman–Crippen LogP) is 3.89. The highest BCUT2D eigenvalue weighted by atomic mass is 16.2. The van der Waals surface area contributed by atoms with Gasteiger partial charge >= 0.3 is 0 Å². The van der Waals surface area contributed by atoms with Crippen molar-refractivity contribution in [3.63, 3.8) is 0 Å². The molecule has 3 nitrogen and oxygen atoms in total. The molecule has 126 valence electrons. The quantitative estimate of drug-likeness (QED) is 0.845. The van der Waals surface area contributed by atoms with E-state index in [2.05, 4.69) is 47.9 Å². The second-order valence-corrected chi connectivity index (χ2v) is 8.08. The Morgan fingerprint density at radius 3 is 2.04 bits per heavy atom. The fraction of sp³-hybridized carbons (Fsp3) is 0.650. The highest BCUT2D eigenvalue weighted by Gasteiger charge is 2.46. The number of amides is 1. The van der Waals surface area contributed by atoms with Gasteiger partial charge in [0, 0.05) is 43.2 Å². The lowest BCUT2D eigenvalue weighted by molar-refractivity contribution is -0.148. The molecule has 0 saturated carbocycles. The van der Waals surface area contributed by atoms with Crippen molar-refractivity contribution in [2.24, 2.45) is 11.3 Å². The van der Waals surface area contributed by atoms with Crippen LogP contribution in [0.1, 0.15) is 52.0 Å². The number of carbonyl (C=O) groups is 1. The molecule has 23 heavy (non-hydrogen) atoms. The molecular weight excluding hydrogens is 284 g/mol. The average molecular weight is 314 g/mol. The molecule has 1 amide bonds. The Morgan fingerprint density at radius 1 is 1.00 bits per heavy atom. The number of nitrogens with zero attached hydrogens (tertiary/aromatic N) is 2. The van der Waals surface area contributed by atoms with Crippen molar-refractivity contribution in [3.05, 3.63) is 29.8 Å². The maximum atomic E-state index is 12.0. The van der Waals surface area contributed by atoms with Crippen LogP contribution >= 0.6 is 0 Å². The van der Waals surface area contributed by atoms with Gasteiger partial charge in [0.2, 0.25) is 5.91 Å². The van der Waals surface area contributed by atoms with E-state index in [1.807, 2.05) is 13.8 Å². The van der Waals surface area contributed by atoms with Gasteiger partial charge in [-0.1, -0.05) is 39.8 Å². The Bertz CT molecular complexity index is 546. The first-order chi connectivity index (χ1) is 10.9. The van der Waals surface area contributed by atoms with Crippen LogP contribution in [0.5, 0.6) is 0 Å². The van der Waals surface area contributed by atoms with E-state index >= 15 is 0 Å². The first-order valence-corrected chi connectivity index (χ1v) is 9.04. The zero-order valence-electron chi connectivity index (χ0n) is 15.0. The Labute approximate surface area is 140 Å². The Balaban J connectivity index is 1.54. The van der Waals surface area contributed by atoms with Crippen LogP contribution in [-0.2, 0) is 4.79 Å². The summed E-state index contributed by atoms with van der Waals surface area (Å²) in [5, 5.41) is 0. The van der Waals surface area contributed by atoms with Crippen LogP contribution in [0, 0.1) is 11.3 Å². The van der Waals surface area contributed by atoms with E-state index in [0.29, 0.717) is 17.2 Å². The highest BCUT2D eigenvalue weighted by molar-refractivity contribution is 5.79. The van der Waals surface area contributed by atoms with E-state index in [0.717, 1.165) is 26.2 Å². The minimum absolute atomic E-state index is 0.131. The fourth-order valence-corrected chi connectivity index (χ4v) is 3.91. The smallest absolute Gasteiger partial charge is 0.225 e. The molecule has 2 aliphatic heterocycles. The van der Waals surface area contributed by atoms with Crippen molar-refractivity contribution < 1.29 is 4.79 Å². The van der Waals surface area contributed by atoms with Crippen LogP contribution in [0.2, 0.25) is 0 Å². The summed E-state index contributed by atoms with van der Waals surface area (Å²) < 4.78 is 0. The third-order valence-electron chi connectivity index (χ3n) is 5.61. The van der Waals surface area contributed by atoms with Crippen LogP contribution < -0.4 is 4.90 Å². The molecule has 0 aliphatic carbocycles. The van der Waals surface area contributed by atoms with Gasteiger partial charge < -0.3 is 9.80 Å². The largest absolute Gasteiger partial charge is 0.371 e. The van der Waals surface area contributed by atoms with Crippen molar-refractivity contribution in [2.45, 2.75) is 46.5 Å². The van der Waals surface area contributed by atoms with Crippen LogP contribution in [0.3, 0.4) is 0 Å². The summed E-state index contributed by atoms with van der Waals surface area (Å²) in [6.45, 7) is 12.7.